The van der Waals surface area contributed by atoms with Crippen LogP contribution < -0.4 is 0 Å². The molecule has 0 heterocycles. The zero-order valence-corrected chi connectivity index (χ0v) is 11.7. The van der Waals surface area contributed by atoms with Crippen molar-refractivity contribution >= 4 is 5.91 Å². The number of nitrogens with zero attached hydrogens (tertiary/aromatic N) is 2. The Hall–Kier alpha value is -0.990. The van der Waals surface area contributed by atoms with E-state index < -0.39 is 0 Å². The quantitative estimate of drug-likeness (QED) is 0.673. The van der Waals surface area contributed by atoms with Gasteiger partial charge in [0.05, 0.1) is 6.67 Å². The maximum Gasteiger partial charge on any atom is 0.221 e. The summed E-state index contributed by atoms with van der Waals surface area (Å²) >= 11 is 0. The Balaban J connectivity index is 4.72. The van der Waals surface area contributed by atoms with Crippen molar-refractivity contribution in [3.8, 4) is 0 Å². The predicted molar refractivity (Wildman–Crippen MR) is 68.9 cm³/mol. The van der Waals surface area contributed by atoms with Crippen LogP contribution in [-0.4, -0.2) is 34.5 Å². The molecule has 94 valence electrons. The lowest BCUT2D eigenvalue weighted by Crippen LogP contribution is -2.44. The maximum atomic E-state index is 11.5. The van der Waals surface area contributed by atoms with Gasteiger partial charge in [-0.2, -0.15) is 0 Å². The number of allylic oxidation sites excluding steroid dienone is 1. The average Bonchev–Trinajstić information content (AvgIpc) is 2.09. The van der Waals surface area contributed by atoms with Crippen molar-refractivity contribution in [3.05, 3.63) is 11.8 Å². The predicted octanol–water partition coefficient (Wildman–Crippen LogP) is 2.83. The third kappa shape index (κ3) is 5.19. The minimum Gasteiger partial charge on any atom is -0.358 e. The van der Waals surface area contributed by atoms with Gasteiger partial charge in [-0.25, -0.2) is 0 Å². The highest BCUT2D eigenvalue weighted by Gasteiger charge is 2.16. The van der Waals surface area contributed by atoms with Gasteiger partial charge in [-0.05, 0) is 47.7 Å². The molecule has 0 aromatic rings. The van der Waals surface area contributed by atoms with Crippen LogP contribution in [0.5, 0.6) is 0 Å². The molecule has 0 fully saturated rings. The van der Waals surface area contributed by atoms with E-state index in [-0.39, 0.29) is 11.9 Å². The van der Waals surface area contributed by atoms with E-state index in [2.05, 4.69) is 38.8 Å². The Labute approximate surface area is 100 Å². The fraction of sp³-hybridized carbons (Fsp3) is 0.769. The summed E-state index contributed by atoms with van der Waals surface area (Å²) in [5.74, 6) is 0.128. The van der Waals surface area contributed by atoms with E-state index in [1.54, 1.807) is 6.92 Å². The van der Waals surface area contributed by atoms with Crippen molar-refractivity contribution in [1.29, 1.82) is 0 Å². The van der Waals surface area contributed by atoms with E-state index in [0.29, 0.717) is 12.7 Å². The lowest BCUT2D eigenvalue weighted by atomic mass is 10.3. The summed E-state index contributed by atoms with van der Waals surface area (Å²) in [5.41, 5.74) is 1.25. The second-order valence-corrected chi connectivity index (χ2v) is 5.04. The molecule has 0 saturated heterocycles. The Morgan fingerprint density at radius 1 is 1.06 bits per heavy atom. The highest BCUT2D eigenvalue weighted by molar-refractivity contribution is 5.73. The number of carbonyl (C=O) groups is 1. The Morgan fingerprint density at radius 2 is 1.56 bits per heavy atom. The number of rotatable bonds is 5. The van der Waals surface area contributed by atoms with Crippen LogP contribution in [-0.2, 0) is 4.79 Å². The molecule has 0 saturated carbocycles. The van der Waals surface area contributed by atoms with E-state index in [0.717, 1.165) is 0 Å². The fourth-order valence-electron chi connectivity index (χ4n) is 1.49. The molecule has 0 aliphatic heterocycles. The van der Waals surface area contributed by atoms with Crippen LogP contribution in [0.2, 0.25) is 0 Å². The molecule has 0 aromatic heterocycles. The van der Waals surface area contributed by atoms with Crippen LogP contribution in [0.15, 0.2) is 11.8 Å². The lowest BCUT2D eigenvalue weighted by molar-refractivity contribution is -0.132. The first-order valence-electron chi connectivity index (χ1n) is 5.93. The van der Waals surface area contributed by atoms with E-state index in [4.69, 9.17) is 0 Å². The van der Waals surface area contributed by atoms with Crippen molar-refractivity contribution in [2.24, 2.45) is 0 Å². The van der Waals surface area contributed by atoms with Gasteiger partial charge in [0, 0.05) is 19.0 Å². The van der Waals surface area contributed by atoms with E-state index in [9.17, 15) is 4.79 Å². The molecule has 0 aliphatic carbocycles. The van der Waals surface area contributed by atoms with Crippen LogP contribution >= 0.6 is 0 Å². The minimum absolute atomic E-state index is 0.128. The van der Waals surface area contributed by atoms with Gasteiger partial charge < -0.3 is 9.80 Å². The molecular weight excluding hydrogens is 200 g/mol. The molecule has 0 atom stereocenters. The lowest BCUT2D eigenvalue weighted by Gasteiger charge is -2.34. The second-order valence-electron chi connectivity index (χ2n) is 5.04. The van der Waals surface area contributed by atoms with Gasteiger partial charge in [-0.15, -0.1) is 0 Å². The fourth-order valence-corrected chi connectivity index (χ4v) is 1.49. The molecule has 16 heavy (non-hydrogen) atoms. The molecule has 0 bridgehead atoms. The van der Waals surface area contributed by atoms with Gasteiger partial charge >= 0.3 is 0 Å². The van der Waals surface area contributed by atoms with E-state index in [1.165, 1.54) is 5.57 Å². The van der Waals surface area contributed by atoms with Gasteiger partial charge in [0.25, 0.3) is 0 Å². The maximum absolute atomic E-state index is 11.5. The third-order valence-corrected chi connectivity index (χ3v) is 2.43. The van der Waals surface area contributed by atoms with Crippen molar-refractivity contribution in [2.75, 3.05) is 6.67 Å². The number of hydrogen-bond donors (Lipinski definition) is 0. The molecule has 0 aromatic carbocycles. The van der Waals surface area contributed by atoms with E-state index >= 15 is 0 Å². The zero-order valence-electron chi connectivity index (χ0n) is 11.7. The molecule has 0 spiro atoms. The summed E-state index contributed by atoms with van der Waals surface area (Å²) in [6.07, 6.45) is 2.11. The average molecular weight is 226 g/mol. The largest absolute Gasteiger partial charge is 0.358 e. The summed E-state index contributed by atoms with van der Waals surface area (Å²) in [7, 11) is 0. The van der Waals surface area contributed by atoms with Crippen LogP contribution in [0.1, 0.15) is 48.5 Å². The SMILES string of the molecule is CC(=O)N(CN(C=C(C)C)C(C)C)C(C)C. The summed E-state index contributed by atoms with van der Waals surface area (Å²) < 4.78 is 0. The molecule has 0 rings (SSSR count). The molecule has 0 N–H and O–H groups in total. The van der Waals surface area contributed by atoms with Gasteiger partial charge in [0.15, 0.2) is 0 Å². The van der Waals surface area contributed by atoms with Gasteiger partial charge in [0.2, 0.25) is 5.91 Å². The second kappa shape index (κ2) is 6.56. The molecule has 1 amide bonds. The molecule has 0 unspecified atom stereocenters. The van der Waals surface area contributed by atoms with Crippen LogP contribution in [0.3, 0.4) is 0 Å². The number of carbonyl (C=O) groups excluding carboxylic acids is 1. The minimum atomic E-state index is 0.128. The molecule has 0 radical (unpaired) electrons. The van der Waals surface area contributed by atoms with E-state index in [1.807, 2.05) is 18.7 Å². The Bertz CT molecular complexity index is 253. The highest BCUT2D eigenvalue weighted by Crippen LogP contribution is 2.08. The van der Waals surface area contributed by atoms with Gasteiger partial charge in [-0.3, -0.25) is 4.79 Å². The number of hydrogen-bond acceptors (Lipinski definition) is 2. The molecular formula is C13H26N2O. The van der Waals surface area contributed by atoms with Crippen molar-refractivity contribution in [1.82, 2.24) is 9.80 Å². The first kappa shape index (κ1) is 15.0. The van der Waals surface area contributed by atoms with Crippen molar-refractivity contribution in [3.63, 3.8) is 0 Å². The van der Waals surface area contributed by atoms with Crippen molar-refractivity contribution in [2.45, 2.75) is 60.5 Å². The van der Waals surface area contributed by atoms with Crippen LogP contribution in [0.25, 0.3) is 0 Å². The smallest absolute Gasteiger partial charge is 0.221 e. The first-order valence-corrected chi connectivity index (χ1v) is 5.93. The van der Waals surface area contributed by atoms with Crippen LogP contribution in [0.4, 0.5) is 0 Å². The summed E-state index contributed by atoms with van der Waals surface area (Å²) in [4.78, 5) is 15.6. The van der Waals surface area contributed by atoms with Crippen molar-refractivity contribution < 1.29 is 4.79 Å². The zero-order chi connectivity index (χ0) is 12.9. The Kier molecular flexibility index (Phi) is 6.16. The summed E-state index contributed by atoms with van der Waals surface area (Å²) in [6, 6.07) is 0.639. The first-order chi connectivity index (χ1) is 7.25. The summed E-state index contributed by atoms with van der Waals surface area (Å²) in [5, 5.41) is 0. The highest BCUT2D eigenvalue weighted by atomic mass is 16.2. The number of amides is 1. The monoisotopic (exact) mass is 226 g/mol. The molecule has 3 heteroatoms. The van der Waals surface area contributed by atoms with Gasteiger partial charge in [0.1, 0.15) is 0 Å². The topological polar surface area (TPSA) is 23.6 Å². The molecule has 3 nitrogen and oxygen atoms in total. The Morgan fingerprint density at radius 3 is 1.81 bits per heavy atom. The third-order valence-electron chi connectivity index (χ3n) is 2.43. The normalized spacial score (nSPS) is 10.6. The summed E-state index contributed by atoms with van der Waals surface area (Å²) in [6.45, 7) is 14.8. The van der Waals surface area contributed by atoms with Crippen LogP contribution in [0, 0.1) is 0 Å². The molecule has 0 aliphatic rings. The standard InChI is InChI=1S/C13H26N2O/c1-10(2)8-14(11(3)4)9-15(12(5)6)13(7)16/h8,11-12H,9H2,1-7H3. The van der Waals surface area contributed by atoms with Gasteiger partial charge in [-0.1, -0.05) is 5.57 Å².